The summed E-state index contributed by atoms with van der Waals surface area (Å²) in [7, 11) is 0. The van der Waals surface area contributed by atoms with E-state index < -0.39 is 5.97 Å². The fourth-order valence-electron chi connectivity index (χ4n) is 0.970. The summed E-state index contributed by atoms with van der Waals surface area (Å²) in [5.74, 6) is -1.01. The minimum absolute atomic E-state index is 0.0269. The summed E-state index contributed by atoms with van der Waals surface area (Å²) in [5, 5.41) is 12.5. The Bertz CT molecular complexity index is 418. The fourth-order valence-corrected chi connectivity index (χ4v) is 1.02. The van der Waals surface area contributed by atoms with Gasteiger partial charge in [0.05, 0.1) is 11.8 Å². The van der Waals surface area contributed by atoms with Gasteiger partial charge in [-0.3, -0.25) is 5.43 Å². The van der Waals surface area contributed by atoms with Crippen LogP contribution in [-0.4, -0.2) is 22.4 Å². The third-order valence-corrected chi connectivity index (χ3v) is 1.66. The monoisotopic (exact) mass is 223 g/mol. The van der Waals surface area contributed by atoms with E-state index in [0.29, 0.717) is 5.56 Å². The van der Waals surface area contributed by atoms with Crippen LogP contribution in [0.2, 0.25) is 0 Å². The SMILES string of the molecule is NC(=S)N/N=C/c1ccccc1C(=O)O. The van der Waals surface area contributed by atoms with Crippen LogP contribution in [-0.2, 0) is 0 Å². The summed E-state index contributed by atoms with van der Waals surface area (Å²) < 4.78 is 0. The molecule has 0 heterocycles. The van der Waals surface area contributed by atoms with Gasteiger partial charge in [0.1, 0.15) is 0 Å². The number of hydrazone groups is 1. The number of carboxylic acids is 1. The number of carbonyl (C=O) groups is 1. The molecule has 0 atom stereocenters. The Balaban J connectivity index is 2.89. The van der Waals surface area contributed by atoms with Gasteiger partial charge in [0, 0.05) is 5.56 Å². The van der Waals surface area contributed by atoms with Crippen molar-refractivity contribution in [2.45, 2.75) is 0 Å². The molecule has 1 rings (SSSR count). The molecular formula is C9H9N3O2S. The summed E-state index contributed by atoms with van der Waals surface area (Å²) in [5.41, 5.74) is 8.14. The van der Waals surface area contributed by atoms with E-state index in [4.69, 9.17) is 10.8 Å². The zero-order chi connectivity index (χ0) is 11.3. The Kier molecular flexibility index (Phi) is 3.75. The first-order valence-corrected chi connectivity index (χ1v) is 4.43. The van der Waals surface area contributed by atoms with Crippen molar-refractivity contribution >= 4 is 29.5 Å². The highest BCUT2D eigenvalue weighted by atomic mass is 32.1. The molecule has 0 radical (unpaired) electrons. The number of rotatable bonds is 3. The molecular weight excluding hydrogens is 214 g/mol. The highest BCUT2D eigenvalue weighted by Gasteiger charge is 2.06. The minimum atomic E-state index is -1.01. The predicted octanol–water partition coefficient (Wildman–Crippen LogP) is 0.552. The van der Waals surface area contributed by atoms with Crippen molar-refractivity contribution in [2.24, 2.45) is 10.8 Å². The maximum absolute atomic E-state index is 10.8. The van der Waals surface area contributed by atoms with Crippen molar-refractivity contribution in [3.05, 3.63) is 35.4 Å². The lowest BCUT2D eigenvalue weighted by molar-refractivity contribution is 0.0697. The molecule has 6 heteroatoms. The largest absolute Gasteiger partial charge is 0.478 e. The van der Waals surface area contributed by atoms with Crippen LogP contribution in [0.15, 0.2) is 29.4 Å². The molecule has 5 nitrogen and oxygen atoms in total. The van der Waals surface area contributed by atoms with E-state index in [9.17, 15) is 4.79 Å². The van der Waals surface area contributed by atoms with Crippen LogP contribution in [0, 0.1) is 0 Å². The molecule has 0 saturated heterocycles. The third-order valence-electron chi connectivity index (χ3n) is 1.57. The Morgan fingerprint density at radius 1 is 1.53 bits per heavy atom. The zero-order valence-corrected chi connectivity index (χ0v) is 8.49. The van der Waals surface area contributed by atoms with Gasteiger partial charge in [-0.15, -0.1) is 0 Å². The molecule has 0 amide bonds. The molecule has 0 unspecified atom stereocenters. The first-order chi connectivity index (χ1) is 7.11. The molecule has 1 aromatic carbocycles. The molecule has 0 aromatic heterocycles. The quantitative estimate of drug-likeness (QED) is 0.396. The zero-order valence-electron chi connectivity index (χ0n) is 7.68. The Morgan fingerprint density at radius 2 is 2.20 bits per heavy atom. The van der Waals surface area contributed by atoms with Crippen molar-refractivity contribution in [1.29, 1.82) is 0 Å². The topological polar surface area (TPSA) is 87.7 Å². The number of benzene rings is 1. The summed E-state index contributed by atoms with van der Waals surface area (Å²) in [6.07, 6.45) is 1.35. The second-order valence-electron chi connectivity index (χ2n) is 2.63. The van der Waals surface area contributed by atoms with E-state index in [2.05, 4.69) is 22.7 Å². The van der Waals surface area contributed by atoms with Crippen LogP contribution in [0.4, 0.5) is 0 Å². The second kappa shape index (κ2) is 5.06. The Labute approximate surface area is 91.6 Å². The van der Waals surface area contributed by atoms with Crippen LogP contribution in [0.25, 0.3) is 0 Å². The minimum Gasteiger partial charge on any atom is -0.478 e. The molecule has 15 heavy (non-hydrogen) atoms. The summed E-state index contributed by atoms with van der Waals surface area (Å²) in [4.78, 5) is 10.8. The number of nitrogens with zero attached hydrogens (tertiary/aromatic N) is 1. The maximum atomic E-state index is 10.8. The van der Waals surface area contributed by atoms with Crippen LogP contribution in [0.3, 0.4) is 0 Å². The number of carboxylic acid groups (broad SMARTS) is 1. The molecule has 4 N–H and O–H groups in total. The summed E-state index contributed by atoms with van der Waals surface area (Å²) in [6.45, 7) is 0. The van der Waals surface area contributed by atoms with E-state index in [1.54, 1.807) is 18.2 Å². The standard InChI is InChI=1S/C9H9N3O2S/c10-9(15)12-11-5-6-3-1-2-4-7(6)8(13)14/h1-5H,(H,13,14)(H3,10,12,15)/b11-5+. The molecule has 0 aliphatic heterocycles. The molecule has 78 valence electrons. The van der Waals surface area contributed by atoms with E-state index in [0.717, 1.165) is 0 Å². The van der Waals surface area contributed by atoms with Gasteiger partial charge < -0.3 is 10.8 Å². The van der Waals surface area contributed by atoms with Gasteiger partial charge >= 0.3 is 5.97 Å². The van der Waals surface area contributed by atoms with Gasteiger partial charge in [-0.25, -0.2) is 4.79 Å². The first kappa shape index (κ1) is 11.1. The number of aromatic carboxylic acids is 1. The van der Waals surface area contributed by atoms with Gasteiger partial charge in [-0.1, -0.05) is 18.2 Å². The molecule has 0 spiro atoms. The second-order valence-corrected chi connectivity index (χ2v) is 3.07. The van der Waals surface area contributed by atoms with E-state index >= 15 is 0 Å². The summed E-state index contributed by atoms with van der Waals surface area (Å²) >= 11 is 4.53. The maximum Gasteiger partial charge on any atom is 0.336 e. The number of hydrogen-bond acceptors (Lipinski definition) is 3. The van der Waals surface area contributed by atoms with Gasteiger partial charge in [0.15, 0.2) is 5.11 Å². The van der Waals surface area contributed by atoms with Crippen molar-refractivity contribution in [1.82, 2.24) is 5.43 Å². The van der Waals surface area contributed by atoms with Crippen LogP contribution in [0.5, 0.6) is 0 Å². The molecule has 1 aromatic rings. The number of thiocarbonyl (C=S) groups is 1. The van der Waals surface area contributed by atoms with Crippen LogP contribution < -0.4 is 11.2 Å². The lowest BCUT2D eigenvalue weighted by atomic mass is 10.1. The smallest absolute Gasteiger partial charge is 0.336 e. The predicted molar refractivity (Wildman–Crippen MR) is 60.9 cm³/mol. The van der Waals surface area contributed by atoms with Gasteiger partial charge in [-0.2, -0.15) is 5.10 Å². The van der Waals surface area contributed by atoms with Crippen LogP contribution >= 0.6 is 12.2 Å². The number of nitrogens with two attached hydrogens (primary N) is 1. The number of hydrogen-bond donors (Lipinski definition) is 3. The molecule has 0 bridgehead atoms. The highest BCUT2D eigenvalue weighted by Crippen LogP contribution is 2.05. The molecule has 0 saturated carbocycles. The average molecular weight is 223 g/mol. The van der Waals surface area contributed by atoms with E-state index in [1.807, 2.05) is 0 Å². The normalized spacial score (nSPS) is 10.1. The van der Waals surface area contributed by atoms with Crippen molar-refractivity contribution in [3.63, 3.8) is 0 Å². The third kappa shape index (κ3) is 3.35. The van der Waals surface area contributed by atoms with Crippen LogP contribution in [0.1, 0.15) is 15.9 Å². The van der Waals surface area contributed by atoms with Gasteiger partial charge in [0.25, 0.3) is 0 Å². The lowest BCUT2D eigenvalue weighted by Gasteiger charge is -1.99. The Morgan fingerprint density at radius 3 is 2.80 bits per heavy atom. The van der Waals surface area contributed by atoms with Crippen molar-refractivity contribution in [2.75, 3.05) is 0 Å². The number of nitrogens with one attached hydrogen (secondary N) is 1. The molecule has 0 aliphatic carbocycles. The molecule has 0 aliphatic rings. The van der Waals surface area contributed by atoms with Crippen molar-refractivity contribution < 1.29 is 9.90 Å². The van der Waals surface area contributed by atoms with Crippen molar-refractivity contribution in [3.8, 4) is 0 Å². The van der Waals surface area contributed by atoms with Gasteiger partial charge in [0.2, 0.25) is 0 Å². The summed E-state index contributed by atoms with van der Waals surface area (Å²) in [6, 6.07) is 6.48. The molecule has 0 fully saturated rings. The van der Waals surface area contributed by atoms with E-state index in [1.165, 1.54) is 12.3 Å². The fraction of sp³-hybridized carbons (Fsp3) is 0. The van der Waals surface area contributed by atoms with Gasteiger partial charge in [-0.05, 0) is 18.3 Å². The lowest BCUT2D eigenvalue weighted by Crippen LogP contribution is -2.24. The van der Waals surface area contributed by atoms with E-state index in [-0.39, 0.29) is 10.7 Å². The first-order valence-electron chi connectivity index (χ1n) is 4.02. The average Bonchev–Trinajstić information content (AvgIpc) is 2.17. The highest BCUT2D eigenvalue weighted by molar-refractivity contribution is 7.80. The Hall–Kier alpha value is -1.95.